The van der Waals surface area contributed by atoms with Crippen LogP contribution in [0.1, 0.15) is 18.5 Å². The Morgan fingerprint density at radius 1 is 1.60 bits per heavy atom. The average molecular weight is 233 g/mol. The molecule has 1 aromatic rings. The Hall–Kier alpha value is -0.940. The fraction of sp³-hybridized carbons (Fsp3) is 0.667. The molecule has 5 nitrogen and oxygen atoms in total. The van der Waals surface area contributed by atoms with Crippen LogP contribution in [0.5, 0.6) is 0 Å². The van der Waals surface area contributed by atoms with Crippen LogP contribution in [0.3, 0.4) is 0 Å². The number of halogens is 1. The third-order valence-electron chi connectivity index (χ3n) is 2.53. The van der Waals surface area contributed by atoms with E-state index in [2.05, 4.69) is 5.10 Å². The van der Waals surface area contributed by atoms with E-state index in [9.17, 15) is 5.11 Å². The molecular formula is C9H17ClN4O. The van der Waals surface area contributed by atoms with Crippen molar-refractivity contribution < 1.29 is 5.11 Å². The van der Waals surface area contributed by atoms with Crippen molar-refractivity contribution in [2.45, 2.75) is 25.9 Å². The molecule has 15 heavy (non-hydrogen) atoms. The Balaban J connectivity index is 0.00000112. The first-order valence-corrected chi connectivity index (χ1v) is 4.92. The van der Waals surface area contributed by atoms with Gasteiger partial charge in [0, 0.05) is 12.6 Å². The predicted molar refractivity (Wildman–Crippen MR) is 61.8 cm³/mol. The molecular weight excluding hydrogens is 216 g/mol. The first-order chi connectivity index (χ1) is 6.66. The van der Waals surface area contributed by atoms with Crippen LogP contribution in [0.2, 0.25) is 0 Å². The Labute approximate surface area is 95.2 Å². The standard InChI is InChI=1S/C9H16N4O.ClH/c1-7-5-9(10)11-13(7)12-4-2-3-8(14)6-12;/h5,8,14H,2-4,6H2,1H3,(H2,10,11);1H. The molecule has 0 aromatic carbocycles. The van der Waals surface area contributed by atoms with Gasteiger partial charge in [0.25, 0.3) is 0 Å². The van der Waals surface area contributed by atoms with E-state index >= 15 is 0 Å². The summed E-state index contributed by atoms with van der Waals surface area (Å²) in [5.41, 5.74) is 6.61. The number of hydrogen-bond acceptors (Lipinski definition) is 4. The maximum atomic E-state index is 9.52. The number of nitrogens with two attached hydrogens (primary N) is 1. The Kier molecular flexibility index (Phi) is 3.82. The zero-order chi connectivity index (χ0) is 10.1. The van der Waals surface area contributed by atoms with Crippen LogP contribution < -0.4 is 10.7 Å². The summed E-state index contributed by atoms with van der Waals surface area (Å²) in [4.78, 5) is 1.79. The third-order valence-corrected chi connectivity index (χ3v) is 2.53. The lowest BCUT2D eigenvalue weighted by Gasteiger charge is -2.32. The Morgan fingerprint density at radius 3 is 2.87 bits per heavy atom. The summed E-state index contributed by atoms with van der Waals surface area (Å²) in [6.07, 6.45) is 1.64. The molecule has 0 bridgehead atoms. The molecule has 1 atom stereocenters. The number of aromatic nitrogens is 2. The monoisotopic (exact) mass is 232 g/mol. The maximum absolute atomic E-state index is 9.52. The Morgan fingerprint density at radius 2 is 2.33 bits per heavy atom. The smallest absolute Gasteiger partial charge is 0.147 e. The molecule has 0 spiro atoms. The first-order valence-electron chi connectivity index (χ1n) is 4.92. The van der Waals surface area contributed by atoms with Crippen molar-refractivity contribution in [2.24, 2.45) is 0 Å². The minimum absolute atomic E-state index is 0. The quantitative estimate of drug-likeness (QED) is 0.731. The number of anilines is 1. The number of nitrogens with zero attached hydrogens (tertiary/aromatic N) is 3. The van der Waals surface area contributed by atoms with Crippen molar-refractivity contribution in [1.82, 2.24) is 9.89 Å². The molecule has 1 aliphatic rings. The van der Waals surface area contributed by atoms with E-state index in [0.29, 0.717) is 12.4 Å². The van der Waals surface area contributed by atoms with Gasteiger partial charge < -0.3 is 10.8 Å². The van der Waals surface area contributed by atoms with Gasteiger partial charge in [0.2, 0.25) is 0 Å². The fourth-order valence-corrected chi connectivity index (χ4v) is 1.88. The largest absolute Gasteiger partial charge is 0.391 e. The molecule has 1 fully saturated rings. The lowest BCUT2D eigenvalue weighted by molar-refractivity contribution is 0.141. The van der Waals surface area contributed by atoms with E-state index in [1.54, 1.807) is 4.79 Å². The summed E-state index contributed by atoms with van der Waals surface area (Å²) in [6, 6.07) is 1.83. The van der Waals surface area contributed by atoms with E-state index < -0.39 is 0 Å². The van der Waals surface area contributed by atoms with E-state index in [4.69, 9.17) is 5.73 Å². The second-order valence-electron chi connectivity index (χ2n) is 3.81. The average Bonchev–Trinajstić information content (AvgIpc) is 2.45. The number of aryl methyl sites for hydroxylation is 1. The zero-order valence-electron chi connectivity index (χ0n) is 8.76. The molecule has 1 aromatic heterocycles. The van der Waals surface area contributed by atoms with Gasteiger partial charge in [-0.05, 0) is 19.8 Å². The van der Waals surface area contributed by atoms with Crippen LogP contribution in [0.15, 0.2) is 6.07 Å². The van der Waals surface area contributed by atoms with Gasteiger partial charge in [0.15, 0.2) is 0 Å². The molecule has 2 rings (SSSR count). The first kappa shape index (κ1) is 12.1. The number of hydrogen-bond donors (Lipinski definition) is 2. The fourth-order valence-electron chi connectivity index (χ4n) is 1.88. The van der Waals surface area contributed by atoms with E-state index in [0.717, 1.165) is 25.1 Å². The molecule has 0 radical (unpaired) electrons. The molecule has 0 amide bonds. The van der Waals surface area contributed by atoms with Gasteiger partial charge in [-0.1, -0.05) is 0 Å². The highest BCUT2D eigenvalue weighted by atomic mass is 35.5. The molecule has 0 saturated carbocycles. The lowest BCUT2D eigenvalue weighted by Crippen LogP contribution is -2.46. The van der Waals surface area contributed by atoms with E-state index in [-0.39, 0.29) is 18.5 Å². The summed E-state index contributed by atoms with van der Waals surface area (Å²) >= 11 is 0. The van der Waals surface area contributed by atoms with Crippen molar-refractivity contribution in [1.29, 1.82) is 0 Å². The Bertz CT molecular complexity index is 328. The number of aliphatic hydroxyl groups excluding tert-OH is 1. The van der Waals surface area contributed by atoms with E-state index in [1.807, 2.05) is 18.0 Å². The number of aliphatic hydroxyl groups is 1. The summed E-state index contributed by atoms with van der Waals surface area (Å²) in [6.45, 7) is 3.53. The normalized spacial score (nSPS) is 21.2. The molecule has 6 heteroatoms. The highest BCUT2D eigenvalue weighted by Crippen LogP contribution is 2.12. The zero-order valence-corrected chi connectivity index (χ0v) is 9.57. The summed E-state index contributed by atoms with van der Waals surface area (Å²) in [5.74, 6) is 0.530. The molecule has 1 unspecified atom stereocenters. The van der Waals surface area contributed by atoms with Crippen molar-refractivity contribution in [3.05, 3.63) is 11.8 Å². The van der Waals surface area contributed by atoms with Crippen molar-refractivity contribution in [2.75, 3.05) is 23.8 Å². The number of rotatable bonds is 1. The van der Waals surface area contributed by atoms with Crippen LogP contribution in [0.25, 0.3) is 0 Å². The SMILES string of the molecule is Cc1cc(N)nn1N1CCCC(O)C1.Cl. The minimum atomic E-state index is -0.242. The second-order valence-corrected chi connectivity index (χ2v) is 3.81. The van der Waals surface area contributed by atoms with Crippen molar-refractivity contribution in [3.63, 3.8) is 0 Å². The van der Waals surface area contributed by atoms with Gasteiger partial charge in [-0.3, -0.25) is 5.01 Å². The van der Waals surface area contributed by atoms with Crippen LogP contribution in [-0.2, 0) is 0 Å². The van der Waals surface area contributed by atoms with Crippen LogP contribution >= 0.6 is 12.4 Å². The minimum Gasteiger partial charge on any atom is -0.391 e. The third kappa shape index (κ3) is 2.54. The predicted octanol–water partition coefficient (Wildman–Crippen LogP) is 0.288. The molecule has 1 aliphatic heterocycles. The van der Waals surface area contributed by atoms with E-state index in [1.165, 1.54) is 0 Å². The highest BCUT2D eigenvalue weighted by molar-refractivity contribution is 5.85. The second kappa shape index (κ2) is 4.72. The molecule has 0 aliphatic carbocycles. The van der Waals surface area contributed by atoms with Crippen LogP contribution in [0, 0.1) is 6.92 Å². The van der Waals surface area contributed by atoms with Gasteiger partial charge >= 0.3 is 0 Å². The molecule has 86 valence electrons. The summed E-state index contributed by atoms with van der Waals surface area (Å²) < 4.78 is 0. The molecule has 1 saturated heterocycles. The van der Waals surface area contributed by atoms with Gasteiger partial charge in [-0.15, -0.1) is 17.5 Å². The van der Waals surface area contributed by atoms with Crippen molar-refractivity contribution >= 4 is 18.2 Å². The number of β-amino-alcohol motifs (C(OH)–C–C–N with tert-alkyl or cyclic N) is 1. The van der Waals surface area contributed by atoms with Gasteiger partial charge in [-0.25, -0.2) is 0 Å². The van der Waals surface area contributed by atoms with Crippen molar-refractivity contribution in [3.8, 4) is 0 Å². The lowest BCUT2D eigenvalue weighted by atomic mass is 10.1. The molecule has 2 heterocycles. The molecule has 3 N–H and O–H groups in total. The van der Waals surface area contributed by atoms with Gasteiger partial charge in [0.1, 0.15) is 5.82 Å². The van der Waals surface area contributed by atoms with Crippen LogP contribution in [-0.4, -0.2) is 34.2 Å². The van der Waals surface area contributed by atoms with Gasteiger partial charge in [-0.2, -0.15) is 4.79 Å². The number of piperidine rings is 1. The topological polar surface area (TPSA) is 67.3 Å². The highest BCUT2D eigenvalue weighted by Gasteiger charge is 2.19. The maximum Gasteiger partial charge on any atom is 0.147 e. The summed E-state index contributed by atoms with van der Waals surface area (Å²) in [5, 5.41) is 15.7. The summed E-state index contributed by atoms with van der Waals surface area (Å²) in [7, 11) is 0. The van der Waals surface area contributed by atoms with Crippen LogP contribution in [0.4, 0.5) is 5.82 Å². The van der Waals surface area contributed by atoms with Gasteiger partial charge in [0.05, 0.1) is 18.3 Å². The number of nitrogen functional groups attached to an aromatic ring is 1.